The maximum atomic E-state index is 12.1. The van der Waals surface area contributed by atoms with Gasteiger partial charge < -0.3 is 10.2 Å². The summed E-state index contributed by atoms with van der Waals surface area (Å²) in [5.74, 6) is 0.553. The summed E-state index contributed by atoms with van der Waals surface area (Å²) in [6.45, 7) is 13.8. The molecule has 0 bridgehead atoms. The molecule has 1 aliphatic carbocycles. The number of allylic oxidation sites excluding steroid dienone is 3. The van der Waals surface area contributed by atoms with Gasteiger partial charge in [0.05, 0.1) is 0 Å². The highest BCUT2D eigenvalue weighted by Gasteiger charge is 2.26. The number of carbonyl (C=O) groups is 2. The number of aryl methyl sites for hydroxylation is 2. The lowest BCUT2D eigenvalue weighted by Gasteiger charge is -2.34. The molecule has 1 N–H and O–H groups in total. The Morgan fingerprint density at radius 3 is 2.13 bits per heavy atom. The SMILES string of the molecule is CC.CC.CNC(=O)CCC(=O)N1CCC2=CC=CCCC2C1.Cc1ccc(C)cc1. The van der Waals surface area contributed by atoms with Crippen LogP contribution in [0.2, 0.25) is 0 Å². The quantitative estimate of drug-likeness (QED) is 0.642. The second-order valence-corrected chi connectivity index (χ2v) is 7.36. The Bertz CT molecular complexity index is 669. The van der Waals surface area contributed by atoms with Crippen LogP contribution in [0.4, 0.5) is 0 Å². The third-order valence-corrected chi connectivity index (χ3v) is 5.18. The lowest BCUT2D eigenvalue weighted by molar-refractivity contribution is -0.134. The Kier molecular flexibility index (Phi) is 16.0. The standard InChI is InChI=1S/C15H22N2O2.C8H10.2C2H6/c1-16-14(18)7-8-15(19)17-10-9-12-5-3-2-4-6-13(12)11-17;1-7-3-5-8(2)6-4-7;2*1-2/h2-3,5,13H,4,6-11H2,1H3,(H,16,18);3-6H,1-2H3;2*1-2H3. The normalized spacial score (nSPS) is 16.4. The van der Waals surface area contributed by atoms with E-state index in [-0.39, 0.29) is 11.8 Å². The van der Waals surface area contributed by atoms with E-state index >= 15 is 0 Å². The smallest absolute Gasteiger partial charge is 0.223 e. The second kappa shape index (κ2) is 17.3. The van der Waals surface area contributed by atoms with E-state index in [2.05, 4.69) is 61.7 Å². The number of hydrogen-bond acceptors (Lipinski definition) is 2. The van der Waals surface area contributed by atoms with Crippen molar-refractivity contribution >= 4 is 11.8 Å². The van der Waals surface area contributed by atoms with Gasteiger partial charge in [-0.3, -0.25) is 9.59 Å². The van der Waals surface area contributed by atoms with Crippen LogP contribution in [0.5, 0.6) is 0 Å². The van der Waals surface area contributed by atoms with Gasteiger partial charge >= 0.3 is 0 Å². The summed E-state index contributed by atoms with van der Waals surface area (Å²) in [5.41, 5.74) is 4.13. The van der Waals surface area contributed by atoms with Gasteiger partial charge in [0.1, 0.15) is 0 Å². The van der Waals surface area contributed by atoms with Gasteiger partial charge in [0.2, 0.25) is 11.8 Å². The van der Waals surface area contributed by atoms with Crippen molar-refractivity contribution < 1.29 is 9.59 Å². The summed E-state index contributed by atoms with van der Waals surface area (Å²) >= 11 is 0. The fourth-order valence-corrected chi connectivity index (χ4v) is 3.39. The van der Waals surface area contributed by atoms with Gasteiger partial charge in [-0.1, -0.05) is 86.9 Å². The maximum Gasteiger partial charge on any atom is 0.223 e. The topological polar surface area (TPSA) is 49.4 Å². The third-order valence-electron chi connectivity index (χ3n) is 5.18. The number of fused-ring (bicyclic) bond motifs is 1. The molecular weight excluding hydrogens is 384 g/mol. The third kappa shape index (κ3) is 11.6. The predicted octanol–water partition coefficient (Wildman–Crippen LogP) is 5.99. The van der Waals surface area contributed by atoms with Gasteiger partial charge in [-0.25, -0.2) is 0 Å². The van der Waals surface area contributed by atoms with E-state index in [1.165, 1.54) is 16.7 Å². The Labute approximate surface area is 190 Å². The molecule has 1 aromatic carbocycles. The fraction of sp³-hybridized carbons (Fsp3) is 0.556. The van der Waals surface area contributed by atoms with Crippen molar-refractivity contribution in [2.24, 2.45) is 5.92 Å². The number of likely N-dealkylation sites (tertiary alicyclic amines) is 1. The van der Waals surface area contributed by atoms with E-state index < -0.39 is 0 Å². The van der Waals surface area contributed by atoms with E-state index in [0.717, 1.165) is 32.4 Å². The lowest BCUT2D eigenvalue weighted by atomic mass is 9.88. The van der Waals surface area contributed by atoms with Crippen LogP contribution >= 0.6 is 0 Å². The van der Waals surface area contributed by atoms with Gasteiger partial charge in [0, 0.05) is 33.0 Å². The van der Waals surface area contributed by atoms with Crippen molar-refractivity contribution in [2.75, 3.05) is 20.1 Å². The number of piperidine rings is 1. The predicted molar refractivity (Wildman–Crippen MR) is 133 cm³/mol. The molecule has 1 atom stereocenters. The number of hydrogen-bond donors (Lipinski definition) is 1. The maximum absolute atomic E-state index is 12.1. The van der Waals surface area contributed by atoms with Crippen LogP contribution in [0.25, 0.3) is 0 Å². The summed E-state index contributed by atoms with van der Waals surface area (Å²) in [4.78, 5) is 25.2. The monoisotopic (exact) mass is 428 g/mol. The van der Waals surface area contributed by atoms with Gasteiger partial charge in [-0.15, -0.1) is 0 Å². The highest BCUT2D eigenvalue weighted by atomic mass is 16.2. The van der Waals surface area contributed by atoms with Crippen molar-refractivity contribution in [3.63, 3.8) is 0 Å². The summed E-state index contributed by atoms with van der Waals surface area (Å²) in [7, 11) is 1.60. The van der Waals surface area contributed by atoms with E-state index in [9.17, 15) is 9.59 Å². The van der Waals surface area contributed by atoms with E-state index in [4.69, 9.17) is 0 Å². The van der Waals surface area contributed by atoms with Crippen molar-refractivity contribution in [3.8, 4) is 0 Å². The Morgan fingerprint density at radius 2 is 1.58 bits per heavy atom. The molecule has 0 radical (unpaired) electrons. The molecule has 0 spiro atoms. The number of nitrogens with one attached hydrogen (secondary N) is 1. The first-order chi connectivity index (χ1) is 15.0. The second-order valence-electron chi connectivity index (χ2n) is 7.36. The molecule has 2 aliphatic rings. The van der Waals surface area contributed by atoms with Crippen molar-refractivity contribution in [2.45, 2.75) is 73.6 Å². The minimum atomic E-state index is -0.0652. The Balaban J connectivity index is 0.000000625. The molecule has 4 heteroatoms. The summed E-state index contributed by atoms with van der Waals surface area (Å²) in [5, 5.41) is 2.55. The fourth-order valence-electron chi connectivity index (χ4n) is 3.39. The van der Waals surface area contributed by atoms with Gasteiger partial charge in [-0.2, -0.15) is 0 Å². The average molecular weight is 429 g/mol. The van der Waals surface area contributed by atoms with Crippen LogP contribution in [-0.2, 0) is 9.59 Å². The Hall–Kier alpha value is -2.36. The highest BCUT2D eigenvalue weighted by molar-refractivity contribution is 5.83. The number of amides is 2. The van der Waals surface area contributed by atoms with Crippen molar-refractivity contribution in [3.05, 3.63) is 59.2 Å². The summed E-state index contributed by atoms with van der Waals surface area (Å²) in [6.07, 6.45) is 10.4. The van der Waals surface area contributed by atoms with Crippen LogP contribution in [0, 0.1) is 19.8 Å². The number of carbonyl (C=O) groups excluding carboxylic acids is 2. The summed E-state index contributed by atoms with van der Waals surface area (Å²) < 4.78 is 0. The molecule has 0 saturated carbocycles. The zero-order valence-corrected chi connectivity index (χ0v) is 20.8. The zero-order chi connectivity index (χ0) is 23.6. The van der Waals surface area contributed by atoms with Crippen LogP contribution in [-0.4, -0.2) is 36.9 Å². The molecule has 2 amide bonds. The van der Waals surface area contributed by atoms with Gasteiger partial charge in [0.25, 0.3) is 0 Å². The first kappa shape index (κ1) is 28.6. The van der Waals surface area contributed by atoms with E-state index in [1.807, 2.05) is 32.6 Å². The molecule has 1 unspecified atom stereocenters. The molecule has 1 saturated heterocycles. The molecule has 1 aliphatic heterocycles. The van der Waals surface area contributed by atoms with Crippen molar-refractivity contribution in [1.82, 2.24) is 10.2 Å². The van der Waals surface area contributed by atoms with Crippen LogP contribution in [0.1, 0.15) is 70.9 Å². The first-order valence-electron chi connectivity index (χ1n) is 11.9. The largest absolute Gasteiger partial charge is 0.359 e. The molecule has 174 valence electrons. The first-order valence-corrected chi connectivity index (χ1v) is 11.9. The minimum Gasteiger partial charge on any atom is -0.359 e. The van der Waals surface area contributed by atoms with Crippen LogP contribution < -0.4 is 5.32 Å². The summed E-state index contributed by atoms with van der Waals surface area (Å²) in [6, 6.07) is 8.48. The van der Waals surface area contributed by atoms with Gasteiger partial charge in [0.15, 0.2) is 0 Å². The molecule has 4 nitrogen and oxygen atoms in total. The van der Waals surface area contributed by atoms with Gasteiger partial charge in [-0.05, 0) is 39.0 Å². The number of benzene rings is 1. The molecule has 0 aromatic heterocycles. The Morgan fingerprint density at radius 1 is 1.00 bits per heavy atom. The molecule has 31 heavy (non-hydrogen) atoms. The number of nitrogens with zero attached hydrogens (tertiary/aromatic N) is 1. The highest BCUT2D eigenvalue weighted by Crippen LogP contribution is 2.29. The molecule has 1 heterocycles. The van der Waals surface area contributed by atoms with E-state index in [1.54, 1.807) is 7.05 Å². The van der Waals surface area contributed by atoms with Crippen molar-refractivity contribution in [1.29, 1.82) is 0 Å². The lowest BCUT2D eigenvalue weighted by Crippen LogP contribution is -2.41. The van der Waals surface area contributed by atoms with E-state index in [0.29, 0.717) is 18.8 Å². The molecular formula is C27H44N2O2. The molecule has 1 aromatic rings. The zero-order valence-electron chi connectivity index (χ0n) is 20.8. The minimum absolute atomic E-state index is 0.0652. The average Bonchev–Trinajstić information content (AvgIpc) is 3.07. The van der Waals surface area contributed by atoms with Crippen LogP contribution in [0.3, 0.4) is 0 Å². The molecule has 1 fully saturated rings. The van der Waals surface area contributed by atoms with Crippen LogP contribution in [0.15, 0.2) is 48.1 Å². The number of rotatable bonds is 3. The molecule has 3 rings (SSSR count).